The highest BCUT2D eigenvalue weighted by Crippen LogP contribution is 2.51. The average molecular weight is 377 g/mol. The van der Waals surface area contributed by atoms with Crippen molar-refractivity contribution in [2.45, 2.75) is 12.8 Å². The number of aromatic nitrogens is 2. The molecule has 0 aliphatic carbocycles. The number of phenolic OH excluding ortho intramolecular Hbond substituents is 1. The molecular weight excluding hydrogens is 362 g/mol. The van der Waals surface area contributed by atoms with Gasteiger partial charge in [0.25, 0.3) is 5.56 Å². The van der Waals surface area contributed by atoms with Crippen LogP contribution in [0.25, 0.3) is 0 Å². The van der Waals surface area contributed by atoms with Gasteiger partial charge in [0.05, 0.1) is 22.7 Å². The van der Waals surface area contributed by atoms with E-state index < -0.39 is 11.5 Å². The first-order valence-electron chi connectivity index (χ1n) is 8.24. The number of H-pyrrole nitrogens is 1. The van der Waals surface area contributed by atoms with Crippen molar-refractivity contribution in [3.63, 3.8) is 0 Å². The molecule has 7 N–H and O–H groups in total. The number of ether oxygens (including phenoxy) is 1. The zero-order valence-corrected chi connectivity index (χ0v) is 14.6. The second-order valence-corrected chi connectivity index (χ2v) is 6.45. The van der Waals surface area contributed by atoms with Crippen LogP contribution in [0.3, 0.4) is 0 Å². The van der Waals surface area contributed by atoms with Crippen LogP contribution in [0.5, 0.6) is 23.1 Å². The van der Waals surface area contributed by atoms with Crippen molar-refractivity contribution >= 4 is 11.5 Å². The molecule has 0 saturated carbocycles. The van der Waals surface area contributed by atoms with Gasteiger partial charge in [0.15, 0.2) is 0 Å². The lowest BCUT2D eigenvalue weighted by Gasteiger charge is -2.29. The zero-order chi connectivity index (χ0) is 20.2. The van der Waals surface area contributed by atoms with Crippen molar-refractivity contribution in [1.82, 2.24) is 9.97 Å². The number of rotatable bonds is 1. The normalized spacial score (nSPS) is 14.5. The highest BCUT2D eigenvalue weighted by molar-refractivity contribution is 5.75. The van der Waals surface area contributed by atoms with Gasteiger partial charge in [0.2, 0.25) is 5.88 Å². The number of aromatic hydroxyl groups is 2. The fraction of sp³-hybridized carbons (Fsp3) is 0.105. The van der Waals surface area contributed by atoms with E-state index in [4.69, 9.17) is 16.2 Å². The Balaban J connectivity index is 2.13. The van der Waals surface area contributed by atoms with Crippen molar-refractivity contribution in [2.75, 3.05) is 11.5 Å². The number of nitrogens with two attached hydrogens (primary N) is 2. The van der Waals surface area contributed by atoms with E-state index in [9.17, 15) is 20.3 Å². The molecule has 9 heteroatoms. The quantitative estimate of drug-likeness (QED) is 0.334. The summed E-state index contributed by atoms with van der Waals surface area (Å²) >= 11 is 0. The molecule has 9 nitrogen and oxygen atoms in total. The molecule has 4 rings (SSSR count). The smallest absolute Gasteiger partial charge is 0.256 e. The summed E-state index contributed by atoms with van der Waals surface area (Å²) in [6.45, 7) is 1.64. The zero-order valence-electron chi connectivity index (χ0n) is 14.6. The minimum Gasteiger partial charge on any atom is -0.508 e. The second kappa shape index (κ2) is 5.92. The van der Waals surface area contributed by atoms with Crippen LogP contribution in [0.4, 0.5) is 11.5 Å². The molecule has 3 heterocycles. The fourth-order valence-corrected chi connectivity index (χ4v) is 3.46. The van der Waals surface area contributed by atoms with E-state index in [1.54, 1.807) is 13.0 Å². The Labute approximate surface area is 158 Å². The van der Waals surface area contributed by atoms with Gasteiger partial charge in [0.1, 0.15) is 34.7 Å². The number of hydrogen-bond donors (Lipinski definition) is 5. The molecule has 1 unspecified atom stereocenters. The Hall–Kier alpha value is -4.19. The lowest BCUT2D eigenvalue weighted by Crippen LogP contribution is -2.23. The lowest BCUT2D eigenvalue weighted by molar-refractivity contribution is 0.420. The minimum absolute atomic E-state index is 0.00326. The van der Waals surface area contributed by atoms with Crippen LogP contribution in [-0.2, 0) is 0 Å². The first kappa shape index (κ1) is 17.2. The summed E-state index contributed by atoms with van der Waals surface area (Å²) in [7, 11) is 0. The summed E-state index contributed by atoms with van der Waals surface area (Å²) in [6, 6.07) is 7.65. The maximum Gasteiger partial charge on any atom is 0.256 e. The number of nitrogens with zero attached hydrogens (tertiary/aromatic N) is 2. The first-order chi connectivity index (χ1) is 13.3. The highest BCUT2D eigenvalue weighted by Gasteiger charge is 2.37. The fourth-order valence-electron chi connectivity index (χ4n) is 3.46. The van der Waals surface area contributed by atoms with Crippen molar-refractivity contribution < 1.29 is 14.9 Å². The summed E-state index contributed by atoms with van der Waals surface area (Å²) < 4.78 is 5.74. The van der Waals surface area contributed by atoms with Gasteiger partial charge in [-0.15, -0.1) is 0 Å². The monoisotopic (exact) mass is 377 g/mol. The van der Waals surface area contributed by atoms with Crippen molar-refractivity contribution in [1.29, 1.82) is 5.26 Å². The third kappa shape index (κ3) is 2.39. The topological polar surface area (TPSA) is 171 Å². The molecule has 0 bridgehead atoms. The predicted octanol–water partition coefficient (Wildman–Crippen LogP) is 1.81. The number of nitriles is 1. The van der Waals surface area contributed by atoms with E-state index in [0.29, 0.717) is 11.3 Å². The third-order valence-corrected chi connectivity index (χ3v) is 4.66. The second-order valence-electron chi connectivity index (χ2n) is 6.45. The Morgan fingerprint density at radius 2 is 2.00 bits per heavy atom. The molecule has 28 heavy (non-hydrogen) atoms. The molecular formula is C19H15N5O4. The van der Waals surface area contributed by atoms with Gasteiger partial charge in [-0.25, -0.2) is 0 Å². The van der Waals surface area contributed by atoms with Gasteiger partial charge in [-0.1, -0.05) is 6.07 Å². The summed E-state index contributed by atoms with van der Waals surface area (Å²) in [4.78, 5) is 19.5. The minimum atomic E-state index is -0.885. The van der Waals surface area contributed by atoms with E-state index in [-0.39, 0.29) is 51.3 Å². The summed E-state index contributed by atoms with van der Waals surface area (Å²) in [5.41, 5.74) is 12.7. The molecule has 140 valence electrons. The van der Waals surface area contributed by atoms with Crippen LogP contribution in [-0.4, -0.2) is 20.2 Å². The summed E-state index contributed by atoms with van der Waals surface area (Å²) in [5, 5.41) is 29.8. The van der Waals surface area contributed by atoms with E-state index in [2.05, 4.69) is 9.97 Å². The SMILES string of the molecule is Cc1cc(O)c(C2c3ccc(O)cc3Oc3nc(N)c(C#N)c(N)c32)c(=O)[nH]1. The Bertz CT molecular complexity index is 1240. The van der Waals surface area contributed by atoms with Crippen LogP contribution in [0.15, 0.2) is 29.1 Å². The number of benzene rings is 1. The molecule has 1 atom stereocenters. The molecule has 1 aliphatic rings. The highest BCUT2D eigenvalue weighted by atomic mass is 16.5. The number of nitrogens with one attached hydrogen (secondary N) is 1. The Morgan fingerprint density at radius 1 is 1.25 bits per heavy atom. The van der Waals surface area contributed by atoms with Gasteiger partial charge in [-0.05, 0) is 19.1 Å². The number of anilines is 2. The molecule has 0 fully saturated rings. The van der Waals surface area contributed by atoms with Gasteiger partial charge >= 0.3 is 0 Å². The van der Waals surface area contributed by atoms with Gasteiger partial charge in [-0.2, -0.15) is 10.2 Å². The Kier molecular flexibility index (Phi) is 3.64. The third-order valence-electron chi connectivity index (χ3n) is 4.66. The number of aromatic amines is 1. The number of nitrogen functional groups attached to an aromatic ring is 2. The van der Waals surface area contributed by atoms with Crippen molar-refractivity contribution in [2.24, 2.45) is 0 Å². The van der Waals surface area contributed by atoms with Gasteiger partial charge in [0, 0.05) is 17.3 Å². The molecule has 1 aromatic carbocycles. The largest absolute Gasteiger partial charge is 0.508 e. The maximum absolute atomic E-state index is 12.7. The molecule has 0 spiro atoms. The predicted molar refractivity (Wildman–Crippen MR) is 100 cm³/mol. The molecule has 0 saturated heterocycles. The average Bonchev–Trinajstić information content (AvgIpc) is 2.60. The van der Waals surface area contributed by atoms with Crippen LogP contribution in [0, 0.1) is 18.3 Å². The number of hydrogen-bond acceptors (Lipinski definition) is 8. The standard InChI is InChI=1S/C19H15N5O4/c1-7-4-11(26)14(18(27)23-7)13-9-3-2-8(25)5-12(9)28-19-15(13)16(21)10(6-20)17(22)24-19/h2-5,13,25H,1H3,(H4,21,22,24)(H2,23,26,27). The van der Waals surface area contributed by atoms with E-state index in [1.807, 2.05) is 6.07 Å². The molecule has 3 aromatic rings. The number of aryl methyl sites for hydroxylation is 1. The Morgan fingerprint density at radius 3 is 2.68 bits per heavy atom. The maximum atomic E-state index is 12.7. The van der Waals surface area contributed by atoms with E-state index in [0.717, 1.165) is 0 Å². The number of fused-ring (bicyclic) bond motifs is 2. The molecule has 2 aromatic heterocycles. The van der Waals surface area contributed by atoms with Crippen LogP contribution in [0.2, 0.25) is 0 Å². The lowest BCUT2D eigenvalue weighted by atomic mass is 9.82. The first-order valence-corrected chi connectivity index (χ1v) is 8.24. The number of phenols is 1. The number of pyridine rings is 2. The van der Waals surface area contributed by atoms with Crippen molar-refractivity contribution in [3.05, 3.63) is 62.6 Å². The summed E-state index contributed by atoms with van der Waals surface area (Å²) in [5.74, 6) is -1.08. The van der Waals surface area contributed by atoms with Gasteiger partial charge in [-0.3, -0.25) is 4.79 Å². The van der Waals surface area contributed by atoms with Gasteiger partial charge < -0.3 is 31.4 Å². The van der Waals surface area contributed by atoms with Crippen LogP contribution < -0.4 is 21.8 Å². The molecule has 1 aliphatic heterocycles. The van der Waals surface area contributed by atoms with Crippen LogP contribution >= 0.6 is 0 Å². The van der Waals surface area contributed by atoms with E-state index >= 15 is 0 Å². The molecule has 0 radical (unpaired) electrons. The van der Waals surface area contributed by atoms with Crippen LogP contribution in [0.1, 0.15) is 33.9 Å². The molecule has 0 amide bonds. The van der Waals surface area contributed by atoms with E-state index in [1.165, 1.54) is 18.2 Å². The summed E-state index contributed by atoms with van der Waals surface area (Å²) in [6.07, 6.45) is 0. The van der Waals surface area contributed by atoms with Crippen molar-refractivity contribution in [3.8, 4) is 29.2 Å².